The summed E-state index contributed by atoms with van der Waals surface area (Å²) in [5.41, 5.74) is 2.26. The zero-order valence-electron chi connectivity index (χ0n) is 11.8. The standard InChI is InChI=1S/C15H19N3OS/c1-17-5-6-18(10-19)15(9-17)14-8-11-7-12(20-2)3-4-13(11)16-14/h3-4,7-8,10,15-16H,5-6,9H2,1-2H3. The van der Waals surface area contributed by atoms with Crippen LogP contribution < -0.4 is 0 Å². The first kappa shape index (κ1) is 13.5. The van der Waals surface area contributed by atoms with Crippen molar-refractivity contribution in [1.82, 2.24) is 14.8 Å². The maximum atomic E-state index is 11.3. The molecule has 2 aromatic rings. The van der Waals surface area contributed by atoms with Crippen LogP contribution in [0.3, 0.4) is 0 Å². The number of benzene rings is 1. The van der Waals surface area contributed by atoms with Crippen molar-refractivity contribution in [2.24, 2.45) is 0 Å². The quantitative estimate of drug-likeness (QED) is 0.696. The Hall–Kier alpha value is -1.46. The Labute approximate surface area is 123 Å². The molecule has 1 saturated heterocycles. The van der Waals surface area contributed by atoms with Crippen LogP contribution in [0.15, 0.2) is 29.2 Å². The summed E-state index contributed by atoms with van der Waals surface area (Å²) in [5, 5.41) is 1.21. The van der Waals surface area contributed by atoms with Gasteiger partial charge in [-0.1, -0.05) is 0 Å². The molecule has 1 fully saturated rings. The van der Waals surface area contributed by atoms with Crippen LogP contribution in [0, 0.1) is 0 Å². The van der Waals surface area contributed by atoms with Crippen LogP contribution in [-0.4, -0.2) is 54.1 Å². The molecule has 0 spiro atoms. The summed E-state index contributed by atoms with van der Waals surface area (Å²) in [6.45, 7) is 2.60. The molecular weight excluding hydrogens is 270 g/mol. The summed E-state index contributed by atoms with van der Waals surface area (Å²) in [6, 6.07) is 8.73. The number of hydrogen-bond acceptors (Lipinski definition) is 3. The molecule has 2 heterocycles. The van der Waals surface area contributed by atoms with Crippen LogP contribution in [0.4, 0.5) is 0 Å². The lowest BCUT2D eigenvalue weighted by Crippen LogP contribution is -2.46. The number of aromatic nitrogens is 1. The highest BCUT2D eigenvalue weighted by Gasteiger charge is 2.26. The molecule has 1 N–H and O–H groups in total. The van der Waals surface area contributed by atoms with Crippen molar-refractivity contribution < 1.29 is 4.79 Å². The van der Waals surface area contributed by atoms with Crippen molar-refractivity contribution in [1.29, 1.82) is 0 Å². The van der Waals surface area contributed by atoms with Gasteiger partial charge in [0.2, 0.25) is 6.41 Å². The molecule has 1 unspecified atom stereocenters. The minimum Gasteiger partial charge on any atom is -0.357 e. The fourth-order valence-electron chi connectivity index (χ4n) is 2.78. The highest BCUT2D eigenvalue weighted by atomic mass is 32.2. The first-order valence-electron chi connectivity index (χ1n) is 6.77. The van der Waals surface area contributed by atoms with E-state index < -0.39 is 0 Å². The number of carbonyl (C=O) groups excluding carboxylic acids is 1. The monoisotopic (exact) mass is 289 g/mol. The molecule has 1 aliphatic heterocycles. The first-order chi connectivity index (χ1) is 9.71. The van der Waals surface area contributed by atoms with Gasteiger partial charge in [0.15, 0.2) is 0 Å². The highest BCUT2D eigenvalue weighted by Crippen LogP contribution is 2.28. The van der Waals surface area contributed by atoms with E-state index in [0.717, 1.165) is 37.3 Å². The largest absolute Gasteiger partial charge is 0.357 e. The summed E-state index contributed by atoms with van der Waals surface area (Å²) in [6.07, 6.45) is 3.05. The number of piperazine rings is 1. The van der Waals surface area contributed by atoms with Gasteiger partial charge in [-0.3, -0.25) is 4.79 Å². The van der Waals surface area contributed by atoms with E-state index in [0.29, 0.717) is 0 Å². The molecule has 0 saturated carbocycles. The molecule has 4 nitrogen and oxygen atoms in total. The normalized spacial score (nSPS) is 20.5. The van der Waals surface area contributed by atoms with Crippen LogP contribution in [-0.2, 0) is 4.79 Å². The van der Waals surface area contributed by atoms with E-state index >= 15 is 0 Å². The van der Waals surface area contributed by atoms with Crippen LogP contribution >= 0.6 is 11.8 Å². The number of carbonyl (C=O) groups is 1. The Morgan fingerprint density at radius 3 is 2.95 bits per heavy atom. The van der Waals surface area contributed by atoms with E-state index in [4.69, 9.17) is 0 Å². The summed E-state index contributed by atoms with van der Waals surface area (Å²) in [4.78, 5) is 20.1. The van der Waals surface area contributed by atoms with E-state index in [9.17, 15) is 4.79 Å². The van der Waals surface area contributed by atoms with Gasteiger partial charge in [-0.15, -0.1) is 11.8 Å². The minimum absolute atomic E-state index is 0.122. The van der Waals surface area contributed by atoms with Gasteiger partial charge in [-0.25, -0.2) is 0 Å². The number of fused-ring (bicyclic) bond motifs is 1. The second kappa shape index (κ2) is 5.50. The summed E-state index contributed by atoms with van der Waals surface area (Å²) >= 11 is 1.75. The average molecular weight is 289 g/mol. The van der Waals surface area contributed by atoms with Crippen molar-refractivity contribution >= 4 is 29.1 Å². The topological polar surface area (TPSA) is 39.3 Å². The molecule has 3 rings (SSSR count). The number of likely N-dealkylation sites (N-methyl/N-ethyl adjacent to an activating group) is 1. The van der Waals surface area contributed by atoms with Crippen molar-refractivity contribution in [3.63, 3.8) is 0 Å². The molecule has 1 atom stereocenters. The number of aromatic amines is 1. The number of H-pyrrole nitrogens is 1. The van der Waals surface area contributed by atoms with Crippen LogP contribution in [0.1, 0.15) is 11.7 Å². The Balaban J connectivity index is 1.97. The average Bonchev–Trinajstić information content (AvgIpc) is 2.89. The maximum Gasteiger partial charge on any atom is 0.210 e. The molecule has 106 valence electrons. The Kier molecular flexibility index (Phi) is 3.72. The lowest BCUT2D eigenvalue weighted by molar-refractivity contribution is -0.122. The molecule has 0 bridgehead atoms. The van der Waals surface area contributed by atoms with Crippen molar-refractivity contribution in [2.45, 2.75) is 10.9 Å². The molecule has 0 radical (unpaired) electrons. The Bertz CT molecular complexity index is 625. The van der Waals surface area contributed by atoms with Gasteiger partial charge < -0.3 is 14.8 Å². The molecule has 1 aromatic heterocycles. The fraction of sp³-hybridized carbons (Fsp3) is 0.400. The Morgan fingerprint density at radius 1 is 1.35 bits per heavy atom. The zero-order valence-corrected chi connectivity index (χ0v) is 12.6. The van der Waals surface area contributed by atoms with Gasteiger partial charge in [-0.2, -0.15) is 0 Å². The van der Waals surface area contributed by atoms with Gasteiger partial charge in [0.05, 0.1) is 6.04 Å². The van der Waals surface area contributed by atoms with Crippen molar-refractivity contribution in [3.05, 3.63) is 30.0 Å². The van der Waals surface area contributed by atoms with Crippen molar-refractivity contribution in [3.8, 4) is 0 Å². The summed E-state index contributed by atoms with van der Waals surface area (Å²) in [7, 11) is 2.10. The predicted molar refractivity (Wildman–Crippen MR) is 83.1 cm³/mol. The second-order valence-electron chi connectivity index (χ2n) is 5.30. The molecule has 1 amide bonds. The second-order valence-corrected chi connectivity index (χ2v) is 6.18. The predicted octanol–water partition coefficient (Wildman–Crippen LogP) is 2.33. The molecular formula is C15H19N3OS. The Morgan fingerprint density at radius 2 is 2.20 bits per heavy atom. The zero-order chi connectivity index (χ0) is 14.1. The molecule has 1 aliphatic rings. The number of rotatable bonds is 3. The van der Waals surface area contributed by atoms with Crippen molar-refractivity contribution in [2.75, 3.05) is 32.9 Å². The molecule has 1 aromatic carbocycles. The van der Waals surface area contributed by atoms with E-state index in [1.54, 1.807) is 11.8 Å². The number of amides is 1. The summed E-state index contributed by atoms with van der Waals surface area (Å²) in [5.74, 6) is 0. The third-order valence-electron chi connectivity index (χ3n) is 3.97. The van der Waals surface area contributed by atoms with E-state index in [-0.39, 0.29) is 6.04 Å². The molecule has 0 aliphatic carbocycles. The minimum atomic E-state index is 0.122. The van der Waals surface area contributed by atoms with Crippen LogP contribution in [0.2, 0.25) is 0 Å². The van der Waals surface area contributed by atoms with Gasteiger partial charge >= 0.3 is 0 Å². The maximum absolute atomic E-state index is 11.3. The first-order valence-corrected chi connectivity index (χ1v) is 8.00. The highest BCUT2D eigenvalue weighted by molar-refractivity contribution is 7.98. The number of nitrogens with zero attached hydrogens (tertiary/aromatic N) is 2. The SMILES string of the molecule is CSc1ccc2[nH]c(C3CN(C)CCN3C=O)cc2c1. The number of hydrogen-bond donors (Lipinski definition) is 1. The third-order valence-corrected chi connectivity index (χ3v) is 4.69. The van der Waals surface area contributed by atoms with Gasteiger partial charge in [0.25, 0.3) is 0 Å². The molecule has 5 heteroatoms. The lowest BCUT2D eigenvalue weighted by atomic mass is 10.1. The van der Waals surface area contributed by atoms with Crippen LogP contribution in [0.5, 0.6) is 0 Å². The third kappa shape index (κ3) is 2.43. The van der Waals surface area contributed by atoms with Gasteiger partial charge in [0.1, 0.15) is 0 Å². The van der Waals surface area contributed by atoms with Gasteiger partial charge in [-0.05, 0) is 37.6 Å². The van der Waals surface area contributed by atoms with Gasteiger partial charge in [0, 0.05) is 41.1 Å². The van der Waals surface area contributed by atoms with E-state index in [1.165, 1.54) is 10.3 Å². The van der Waals surface area contributed by atoms with E-state index in [2.05, 4.69) is 47.5 Å². The summed E-state index contributed by atoms with van der Waals surface area (Å²) < 4.78 is 0. The van der Waals surface area contributed by atoms with E-state index in [1.807, 2.05) is 4.90 Å². The number of thioether (sulfide) groups is 1. The fourth-order valence-corrected chi connectivity index (χ4v) is 3.23. The lowest BCUT2D eigenvalue weighted by Gasteiger charge is -2.37. The molecule has 20 heavy (non-hydrogen) atoms. The smallest absolute Gasteiger partial charge is 0.210 e. The number of nitrogens with one attached hydrogen (secondary N) is 1. The van der Waals surface area contributed by atoms with Crippen LogP contribution in [0.25, 0.3) is 10.9 Å².